The summed E-state index contributed by atoms with van der Waals surface area (Å²) in [6, 6.07) is 2.27. The first-order valence-electron chi connectivity index (χ1n) is 8.54. The molecule has 0 bridgehead atoms. The van der Waals surface area contributed by atoms with Crippen LogP contribution < -0.4 is 0 Å². The molecule has 0 aromatic carbocycles. The lowest BCUT2D eigenvalue weighted by Gasteiger charge is -2.24. The van der Waals surface area contributed by atoms with Gasteiger partial charge in [-0.25, -0.2) is 0 Å². The molecule has 20 heavy (non-hydrogen) atoms. The van der Waals surface area contributed by atoms with Crippen LogP contribution in [0.4, 0.5) is 0 Å². The highest BCUT2D eigenvalue weighted by Gasteiger charge is 2.20. The van der Waals surface area contributed by atoms with Gasteiger partial charge in [-0.1, -0.05) is 64.7 Å². The highest BCUT2D eigenvalue weighted by atomic mass is 28.4. The van der Waals surface area contributed by atoms with Crippen LogP contribution in [0.1, 0.15) is 77.6 Å². The number of hydrogen-bond donors (Lipinski definition) is 0. The summed E-state index contributed by atoms with van der Waals surface area (Å²) in [7, 11) is -1.50. The number of nitriles is 1. The fourth-order valence-corrected chi connectivity index (χ4v) is 3.69. The topological polar surface area (TPSA) is 33.0 Å². The molecule has 0 heterocycles. The Morgan fingerprint density at radius 3 is 1.85 bits per heavy atom. The summed E-state index contributed by atoms with van der Waals surface area (Å²) in [6.45, 7) is 8.87. The van der Waals surface area contributed by atoms with Crippen molar-refractivity contribution in [3.63, 3.8) is 0 Å². The first-order chi connectivity index (χ1) is 9.49. The summed E-state index contributed by atoms with van der Waals surface area (Å²) in [5, 5.41) is 8.86. The largest absolute Gasteiger partial charge is 0.414 e. The van der Waals surface area contributed by atoms with E-state index in [9.17, 15) is 0 Å². The van der Waals surface area contributed by atoms with Crippen molar-refractivity contribution in [2.24, 2.45) is 0 Å². The van der Waals surface area contributed by atoms with Gasteiger partial charge in [-0.3, -0.25) is 0 Å². The Balaban J connectivity index is 3.52. The average Bonchev–Trinajstić information content (AvgIpc) is 2.35. The van der Waals surface area contributed by atoms with Gasteiger partial charge in [-0.15, -0.1) is 0 Å². The van der Waals surface area contributed by atoms with Crippen molar-refractivity contribution >= 4 is 8.32 Å². The Kier molecular flexibility index (Phi) is 12.2. The molecule has 0 aliphatic heterocycles. The van der Waals surface area contributed by atoms with Crippen LogP contribution in [0.25, 0.3) is 0 Å². The maximum atomic E-state index is 8.86. The zero-order chi connectivity index (χ0) is 15.3. The summed E-state index contributed by atoms with van der Waals surface area (Å²) >= 11 is 0. The number of unbranched alkanes of at least 4 members (excludes halogenated alkanes) is 8. The van der Waals surface area contributed by atoms with Crippen molar-refractivity contribution in [1.29, 1.82) is 5.26 Å². The van der Waals surface area contributed by atoms with Crippen LogP contribution in [0.2, 0.25) is 19.6 Å². The van der Waals surface area contributed by atoms with Crippen molar-refractivity contribution in [2.45, 2.75) is 103 Å². The third kappa shape index (κ3) is 14.1. The highest BCUT2D eigenvalue weighted by molar-refractivity contribution is 6.69. The third-order valence-electron chi connectivity index (χ3n) is 3.47. The smallest absolute Gasteiger partial charge is 0.184 e. The number of hydrogen-bond acceptors (Lipinski definition) is 2. The van der Waals surface area contributed by atoms with Gasteiger partial charge in [0.15, 0.2) is 8.32 Å². The van der Waals surface area contributed by atoms with E-state index in [0.29, 0.717) is 6.42 Å². The Bertz CT molecular complexity index is 255. The predicted molar refractivity (Wildman–Crippen MR) is 90.3 cm³/mol. The SMILES string of the molecule is CCCCCCCCCCCC(CC#N)O[Si](C)(C)C. The van der Waals surface area contributed by atoms with Crippen molar-refractivity contribution in [1.82, 2.24) is 0 Å². The van der Waals surface area contributed by atoms with E-state index in [1.807, 2.05) is 0 Å². The second-order valence-electron chi connectivity index (χ2n) is 6.83. The van der Waals surface area contributed by atoms with Crippen molar-refractivity contribution < 1.29 is 4.43 Å². The second-order valence-corrected chi connectivity index (χ2v) is 11.3. The molecule has 0 spiro atoms. The van der Waals surface area contributed by atoms with E-state index in [1.165, 1.54) is 57.8 Å². The molecule has 2 nitrogen and oxygen atoms in total. The van der Waals surface area contributed by atoms with Gasteiger partial charge >= 0.3 is 0 Å². The fraction of sp³-hybridized carbons (Fsp3) is 0.941. The molecule has 0 N–H and O–H groups in total. The molecule has 1 unspecified atom stereocenters. The summed E-state index contributed by atoms with van der Waals surface area (Å²) in [5.74, 6) is 0. The summed E-state index contributed by atoms with van der Waals surface area (Å²) in [5.41, 5.74) is 0. The molecule has 0 saturated carbocycles. The molecule has 0 fully saturated rings. The zero-order valence-corrected chi connectivity index (χ0v) is 15.2. The Morgan fingerprint density at radius 1 is 0.900 bits per heavy atom. The molecule has 1 atom stereocenters. The van der Waals surface area contributed by atoms with Gasteiger partial charge in [-0.05, 0) is 26.1 Å². The van der Waals surface area contributed by atoms with Crippen LogP contribution >= 0.6 is 0 Å². The normalized spacial score (nSPS) is 13.2. The lowest BCUT2D eigenvalue weighted by atomic mass is 10.0. The highest BCUT2D eigenvalue weighted by Crippen LogP contribution is 2.17. The third-order valence-corrected chi connectivity index (χ3v) is 4.51. The average molecular weight is 298 g/mol. The van der Waals surface area contributed by atoms with Crippen LogP contribution in [0.3, 0.4) is 0 Å². The van der Waals surface area contributed by atoms with Crippen molar-refractivity contribution in [3.8, 4) is 6.07 Å². The molecule has 3 heteroatoms. The van der Waals surface area contributed by atoms with Crippen LogP contribution in [-0.4, -0.2) is 14.4 Å². The van der Waals surface area contributed by atoms with E-state index >= 15 is 0 Å². The Hall–Kier alpha value is -0.333. The molecular formula is C17H35NOSi. The van der Waals surface area contributed by atoms with Crippen LogP contribution in [0.15, 0.2) is 0 Å². The lowest BCUT2D eigenvalue weighted by molar-refractivity contribution is 0.184. The van der Waals surface area contributed by atoms with E-state index in [-0.39, 0.29) is 6.10 Å². The van der Waals surface area contributed by atoms with Gasteiger partial charge in [-0.2, -0.15) is 5.26 Å². The minimum absolute atomic E-state index is 0.177. The van der Waals surface area contributed by atoms with Crippen LogP contribution in [0, 0.1) is 11.3 Å². The molecule has 0 radical (unpaired) electrons. The molecule has 0 rings (SSSR count). The molecule has 0 saturated heterocycles. The summed E-state index contributed by atoms with van der Waals surface area (Å²) in [6.07, 6.45) is 14.0. The quantitative estimate of drug-likeness (QED) is 0.306. The standard InChI is InChI=1S/C17H35NOSi/c1-5-6-7-8-9-10-11-12-13-14-17(15-16-18)19-20(2,3)4/h17H,5-15H2,1-4H3. The van der Waals surface area contributed by atoms with E-state index in [0.717, 1.165) is 6.42 Å². The fourth-order valence-electron chi connectivity index (χ4n) is 2.49. The van der Waals surface area contributed by atoms with Crippen LogP contribution in [-0.2, 0) is 4.43 Å². The van der Waals surface area contributed by atoms with Gasteiger partial charge in [0.1, 0.15) is 0 Å². The first kappa shape index (κ1) is 19.7. The van der Waals surface area contributed by atoms with E-state index in [1.54, 1.807) is 0 Å². The molecule has 118 valence electrons. The Labute approximate surface area is 128 Å². The van der Waals surface area contributed by atoms with E-state index in [2.05, 4.69) is 32.6 Å². The van der Waals surface area contributed by atoms with Gasteiger partial charge in [0.2, 0.25) is 0 Å². The van der Waals surface area contributed by atoms with E-state index in [4.69, 9.17) is 9.69 Å². The Morgan fingerprint density at radius 2 is 1.40 bits per heavy atom. The molecule has 0 aromatic heterocycles. The monoisotopic (exact) mass is 297 g/mol. The van der Waals surface area contributed by atoms with Gasteiger partial charge in [0.25, 0.3) is 0 Å². The molecule has 0 amide bonds. The lowest BCUT2D eigenvalue weighted by Crippen LogP contribution is -2.31. The predicted octanol–water partition coefficient (Wildman–Crippen LogP) is 6.04. The maximum absolute atomic E-state index is 8.86. The summed E-state index contributed by atoms with van der Waals surface area (Å²) < 4.78 is 6.07. The van der Waals surface area contributed by atoms with Crippen molar-refractivity contribution in [3.05, 3.63) is 0 Å². The minimum atomic E-state index is -1.50. The molecule has 0 aliphatic carbocycles. The number of nitrogens with zero attached hydrogens (tertiary/aromatic N) is 1. The minimum Gasteiger partial charge on any atom is -0.414 e. The maximum Gasteiger partial charge on any atom is 0.184 e. The van der Waals surface area contributed by atoms with Gasteiger partial charge < -0.3 is 4.43 Å². The van der Waals surface area contributed by atoms with Crippen molar-refractivity contribution in [2.75, 3.05) is 0 Å². The van der Waals surface area contributed by atoms with Gasteiger partial charge in [0, 0.05) is 0 Å². The van der Waals surface area contributed by atoms with E-state index < -0.39 is 8.32 Å². The molecule has 0 aromatic rings. The molecule has 0 aliphatic rings. The summed E-state index contributed by atoms with van der Waals surface area (Å²) in [4.78, 5) is 0. The second kappa shape index (κ2) is 12.4. The molecular weight excluding hydrogens is 262 g/mol. The first-order valence-corrected chi connectivity index (χ1v) is 11.9. The van der Waals surface area contributed by atoms with Crippen LogP contribution in [0.5, 0.6) is 0 Å². The zero-order valence-electron chi connectivity index (χ0n) is 14.2. The number of rotatable bonds is 13. The van der Waals surface area contributed by atoms with Gasteiger partial charge in [0.05, 0.1) is 18.6 Å².